The summed E-state index contributed by atoms with van der Waals surface area (Å²) >= 11 is 0. The zero-order valence-corrected chi connectivity index (χ0v) is 22.8. The van der Waals surface area contributed by atoms with Crippen molar-refractivity contribution >= 4 is 24.7 Å². The molecule has 190 valence electrons. The number of carbonyl (C=O) groups is 1. The molecule has 1 aliphatic carbocycles. The van der Waals surface area contributed by atoms with Crippen LogP contribution in [0.25, 0.3) is 0 Å². The van der Waals surface area contributed by atoms with E-state index >= 15 is 0 Å². The largest absolute Gasteiger partial charge is 0.493 e. The van der Waals surface area contributed by atoms with E-state index in [1.54, 1.807) is 25.3 Å². The van der Waals surface area contributed by atoms with Gasteiger partial charge in [0, 0.05) is 12.5 Å². The van der Waals surface area contributed by atoms with E-state index in [-0.39, 0.29) is 17.2 Å². The highest BCUT2D eigenvalue weighted by atomic mass is 28.4. The minimum absolute atomic E-state index is 0.0324. The van der Waals surface area contributed by atoms with Crippen molar-refractivity contribution in [3.8, 4) is 11.5 Å². The minimum Gasteiger partial charge on any atom is -0.493 e. The van der Waals surface area contributed by atoms with Gasteiger partial charge in [0.2, 0.25) is 0 Å². The van der Waals surface area contributed by atoms with Crippen LogP contribution in [0.5, 0.6) is 11.5 Å². The van der Waals surface area contributed by atoms with Gasteiger partial charge in [-0.2, -0.15) is 0 Å². The van der Waals surface area contributed by atoms with Gasteiger partial charge in [0.15, 0.2) is 11.5 Å². The van der Waals surface area contributed by atoms with E-state index in [0.717, 1.165) is 19.3 Å². The summed E-state index contributed by atoms with van der Waals surface area (Å²) in [7, 11) is 0.349. The van der Waals surface area contributed by atoms with Crippen molar-refractivity contribution in [2.45, 2.75) is 57.3 Å². The number of benzene rings is 3. The first kappa shape index (κ1) is 26.0. The molecule has 1 aliphatic rings. The van der Waals surface area contributed by atoms with Gasteiger partial charge in [-0.1, -0.05) is 81.4 Å². The van der Waals surface area contributed by atoms with Gasteiger partial charge in [0.05, 0.1) is 19.8 Å². The fourth-order valence-electron chi connectivity index (χ4n) is 5.25. The van der Waals surface area contributed by atoms with E-state index in [1.165, 1.54) is 17.5 Å². The zero-order chi connectivity index (χ0) is 25.8. The summed E-state index contributed by atoms with van der Waals surface area (Å²) in [5.41, 5.74) is 0.436. The molecule has 1 fully saturated rings. The number of methoxy groups -OCH3 is 2. The Morgan fingerprint density at radius 3 is 1.92 bits per heavy atom. The van der Waals surface area contributed by atoms with Crippen molar-refractivity contribution in [2.75, 3.05) is 14.2 Å². The summed E-state index contributed by atoms with van der Waals surface area (Å²) in [4.78, 5) is 12.0. The average Bonchev–Trinajstić information content (AvgIpc) is 3.33. The van der Waals surface area contributed by atoms with Crippen LogP contribution in [0.4, 0.5) is 0 Å². The quantitative estimate of drug-likeness (QED) is 0.305. The van der Waals surface area contributed by atoms with E-state index < -0.39 is 14.3 Å². The fraction of sp³-hybridized carbons (Fsp3) is 0.367. The average molecular weight is 505 g/mol. The highest BCUT2D eigenvalue weighted by molar-refractivity contribution is 6.99. The van der Waals surface area contributed by atoms with Crippen LogP contribution in [0.1, 0.15) is 50.4 Å². The molecule has 2 atom stereocenters. The summed E-state index contributed by atoms with van der Waals surface area (Å²) in [5.74, 6) is 0.748. The topological polar surface area (TPSA) is 54.0 Å². The van der Waals surface area contributed by atoms with Gasteiger partial charge in [-0.3, -0.25) is 0 Å². The molecule has 6 heteroatoms. The Labute approximate surface area is 215 Å². The molecule has 0 spiro atoms. The van der Waals surface area contributed by atoms with Gasteiger partial charge in [0.1, 0.15) is 6.10 Å². The molecule has 0 amide bonds. The molecule has 1 saturated carbocycles. The maximum atomic E-state index is 12.0. The fourth-order valence-corrected chi connectivity index (χ4v) is 9.98. The van der Waals surface area contributed by atoms with Crippen LogP contribution in [0, 0.1) is 0 Å². The summed E-state index contributed by atoms with van der Waals surface area (Å²) in [6, 6.07) is 26.5. The van der Waals surface area contributed by atoms with Crippen molar-refractivity contribution in [1.82, 2.24) is 0 Å². The number of hydrogen-bond donors (Lipinski definition) is 0. The Balaban J connectivity index is 1.61. The molecule has 5 nitrogen and oxygen atoms in total. The molecular weight excluding hydrogens is 468 g/mol. The van der Waals surface area contributed by atoms with Crippen LogP contribution in [-0.2, 0) is 9.16 Å². The third-order valence-electron chi connectivity index (χ3n) is 6.98. The standard InChI is InChI=1S/C30H36O5Si/c1-30(2,3)36(25-12-8-6-9-13-25,26-14-10-7-11-15-26)35-24-18-17-23(21-24)34-28-20-22(29(31)33-5)16-19-27(28)32-4/h6-16,19-20,23-24H,17-18,21H2,1-5H3/t23-,24-/m1/s1. The summed E-state index contributed by atoms with van der Waals surface area (Å²) in [6.45, 7) is 6.89. The number of hydrogen-bond acceptors (Lipinski definition) is 5. The highest BCUT2D eigenvalue weighted by Crippen LogP contribution is 2.40. The molecule has 3 aromatic rings. The predicted molar refractivity (Wildman–Crippen MR) is 145 cm³/mol. The summed E-state index contributed by atoms with van der Waals surface area (Å²) < 4.78 is 24.0. The Morgan fingerprint density at radius 1 is 0.806 bits per heavy atom. The Hall–Kier alpha value is -3.09. The molecule has 0 N–H and O–H groups in total. The Bertz CT molecular complexity index is 1120. The monoisotopic (exact) mass is 504 g/mol. The second kappa shape index (κ2) is 10.9. The van der Waals surface area contributed by atoms with Gasteiger partial charge in [-0.15, -0.1) is 0 Å². The van der Waals surface area contributed by atoms with E-state index in [0.29, 0.717) is 17.1 Å². The maximum absolute atomic E-state index is 12.0. The minimum atomic E-state index is -2.62. The second-order valence-electron chi connectivity index (χ2n) is 10.3. The third kappa shape index (κ3) is 5.20. The van der Waals surface area contributed by atoms with Crippen molar-refractivity contribution in [2.24, 2.45) is 0 Å². The van der Waals surface area contributed by atoms with Crippen LogP contribution in [0.3, 0.4) is 0 Å². The van der Waals surface area contributed by atoms with Gasteiger partial charge >= 0.3 is 5.97 Å². The first-order valence-corrected chi connectivity index (χ1v) is 14.4. The van der Waals surface area contributed by atoms with Crippen molar-refractivity contribution in [1.29, 1.82) is 0 Å². The third-order valence-corrected chi connectivity index (χ3v) is 12.1. The van der Waals surface area contributed by atoms with Crippen LogP contribution >= 0.6 is 0 Å². The normalized spacial score (nSPS) is 18.0. The van der Waals surface area contributed by atoms with Crippen molar-refractivity contribution in [3.05, 3.63) is 84.4 Å². The summed E-state index contributed by atoms with van der Waals surface area (Å²) in [6.07, 6.45) is 2.59. The maximum Gasteiger partial charge on any atom is 0.337 e. The number of esters is 1. The first-order valence-electron chi connectivity index (χ1n) is 12.5. The molecule has 3 aromatic carbocycles. The van der Waals surface area contributed by atoms with E-state index in [2.05, 4.69) is 81.4 Å². The summed E-state index contributed by atoms with van der Waals surface area (Å²) in [5, 5.41) is 2.48. The number of rotatable bonds is 8. The molecule has 4 rings (SSSR count). The van der Waals surface area contributed by atoms with Gasteiger partial charge in [-0.25, -0.2) is 4.79 Å². The van der Waals surface area contributed by atoms with Crippen LogP contribution < -0.4 is 19.8 Å². The number of ether oxygens (including phenoxy) is 3. The SMILES string of the molecule is COC(=O)c1ccc(OC)c(O[C@@H]2CC[C@@H](O[Si](c3ccccc3)(c3ccccc3)C(C)(C)C)C2)c1. The second-order valence-corrected chi connectivity index (χ2v) is 14.6. The zero-order valence-electron chi connectivity index (χ0n) is 21.8. The molecule has 0 saturated heterocycles. The van der Waals surface area contributed by atoms with E-state index in [1.807, 2.05) is 0 Å². The van der Waals surface area contributed by atoms with Gasteiger partial charge in [0.25, 0.3) is 8.32 Å². The van der Waals surface area contributed by atoms with Gasteiger partial charge < -0.3 is 18.6 Å². The van der Waals surface area contributed by atoms with Crippen LogP contribution in [0.2, 0.25) is 5.04 Å². The predicted octanol–water partition coefficient (Wildman–Crippen LogP) is 5.36. The smallest absolute Gasteiger partial charge is 0.337 e. The van der Waals surface area contributed by atoms with Crippen molar-refractivity contribution < 1.29 is 23.4 Å². The molecule has 0 heterocycles. The first-order chi connectivity index (χ1) is 17.3. The Morgan fingerprint density at radius 2 is 1.39 bits per heavy atom. The van der Waals surface area contributed by atoms with E-state index in [4.69, 9.17) is 18.6 Å². The lowest BCUT2D eigenvalue weighted by molar-refractivity contribution is 0.0599. The molecule has 0 aliphatic heterocycles. The highest BCUT2D eigenvalue weighted by Gasteiger charge is 2.52. The lowest BCUT2D eigenvalue weighted by Crippen LogP contribution is -2.67. The Kier molecular flexibility index (Phi) is 7.86. The van der Waals surface area contributed by atoms with Crippen LogP contribution in [-0.4, -0.2) is 40.7 Å². The lowest BCUT2D eigenvalue weighted by atomic mass is 10.2. The molecule has 0 unspecified atom stereocenters. The lowest BCUT2D eigenvalue weighted by Gasteiger charge is -2.44. The molecule has 0 aromatic heterocycles. The van der Waals surface area contributed by atoms with Gasteiger partial charge in [-0.05, 0) is 46.5 Å². The van der Waals surface area contributed by atoms with E-state index in [9.17, 15) is 4.79 Å². The molecule has 0 bridgehead atoms. The molecule has 36 heavy (non-hydrogen) atoms. The van der Waals surface area contributed by atoms with Crippen molar-refractivity contribution in [3.63, 3.8) is 0 Å². The number of carbonyl (C=O) groups excluding carboxylic acids is 1. The molecule has 0 radical (unpaired) electrons. The van der Waals surface area contributed by atoms with Crippen LogP contribution in [0.15, 0.2) is 78.9 Å². The molecular formula is C30H36O5Si.